The number of likely N-dealkylation sites (N-methyl/N-ethyl adjacent to an activating group) is 1. The van der Waals surface area contributed by atoms with Gasteiger partial charge in [-0.25, -0.2) is 0 Å². The monoisotopic (exact) mass is 277 g/mol. The van der Waals surface area contributed by atoms with Crippen LogP contribution in [0, 0.1) is 0 Å². The third kappa shape index (κ3) is 3.42. The van der Waals surface area contributed by atoms with Gasteiger partial charge in [-0.1, -0.05) is 6.92 Å². The van der Waals surface area contributed by atoms with Crippen molar-refractivity contribution in [2.75, 3.05) is 32.5 Å². The predicted molar refractivity (Wildman–Crippen MR) is 80.0 cm³/mol. The maximum Gasteiger partial charge on any atom is 0.251 e. The largest absolute Gasteiger partial charge is 0.495 e. The molecule has 0 aromatic heterocycles. The highest BCUT2D eigenvalue weighted by atomic mass is 16.5. The SMILES string of the molecule is CCN1CCCC(NC(=O)c2ccc(N)c(OC)c2)C1. The van der Waals surface area contributed by atoms with Gasteiger partial charge in [-0.05, 0) is 44.1 Å². The van der Waals surface area contributed by atoms with Crippen molar-refractivity contribution in [3.8, 4) is 5.75 Å². The molecule has 1 fully saturated rings. The first-order valence-corrected chi connectivity index (χ1v) is 7.10. The van der Waals surface area contributed by atoms with Crippen LogP contribution in [-0.4, -0.2) is 43.6 Å². The molecule has 0 spiro atoms. The number of nitrogens with two attached hydrogens (primary N) is 1. The number of nitrogens with zero attached hydrogens (tertiary/aromatic N) is 1. The average Bonchev–Trinajstić information content (AvgIpc) is 2.47. The number of anilines is 1. The molecule has 5 nitrogen and oxygen atoms in total. The number of hydrogen-bond acceptors (Lipinski definition) is 4. The molecule has 1 atom stereocenters. The van der Waals surface area contributed by atoms with Crippen LogP contribution in [0.3, 0.4) is 0 Å². The van der Waals surface area contributed by atoms with E-state index >= 15 is 0 Å². The lowest BCUT2D eigenvalue weighted by molar-refractivity contribution is 0.0905. The quantitative estimate of drug-likeness (QED) is 0.818. The summed E-state index contributed by atoms with van der Waals surface area (Å²) >= 11 is 0. The number of benzene rings is 1. The van der Waals surface area contributed by atoms with Gasteiger partial charge < -0.3 is 20.7 Å². The van der Waals surface area contributed by atoms with Gasteiger partial charge in [-0.2, -0.15) is 0 Å². The molecular formula is C15H23N3O2. The number of piperidine rings is 1. The van der Waals surface area contributed by atoms with Gasteiger partial charge in [0.1, 0.15) is 5.75 Å². The Kier molecular flexibility index (Phi) is 4.84. The maximum absolute atomic E-state index is 12.3. The van der Waals surface area contributed by atoms with Gasteiger partial charge in [0.05, 0.1) is 12.8 Å². The molecule has 1 heterocycles. The van der Waals surface area contributed by atoms with E-state index in [1.165, 1.54) is 0 Å². The van der Waals surface area contributed by atoms with Crippen molar-refractivity contribution in [2.24, 2.45) is 0 Å². The summed E-state index contributed by atoms with van der Waals surface area (Å²) in [6.07, 6.45) is 2.16. The molecule has 5 heteroatoms. The number of rotatable bonds is 4. The molecule has 0 radical (unpaired) electrons. The lowest BCUT2D eigenvalue weighted by Crippen LogP contribution is -2.47. The van der Waals surface area contributed by atoms with Crippen molar-refractivity contribution in [1.29, 1.82) is 0 Å². The Labute approximate surface area is 120 Å². The highest BCUT2D eigenvalue weighted by molar-refractivity contribution is 5.95. The van der Waals surface area contributed by atoms with Crippen LogP contribution in [-0.2, 0) is 0 Å². The lowest BCUT2D eigenvalue weighted by Gasteiger charge is -2.32. The molecule has 1 aliphatic rings. The number of hydrogen-bond donors (Lipinski definition) is 2. The van der Waals surface area contributed by atoms with E-state index < -0.39 is 0 Å². The Morgan fingerprint density at radius 3 is 3.05 bits per heavy atom. The van der Waals surface area contributed by atoms with Gasteiger partial charge in [0.15, 0.2) is 0 Å². The first kappa shape index (κ1) is 14.7. The smallest absolute Gasteiger partial charge is 0.251 e. The first-order chi connectivity index (χ1) is 9.63. The second kappa shape index (κ2) is 6.61. The molecule has 1 aromatic rings. The zero-order valence-electron chi connectivity index (χ0n) is 12.2. The fourth-order valence-electron chi connectivity index (χ4n) is 2.58. The third-order valence-corrected chi connectivity index (χ3v) is 3.78. The molecule has 3 N–H and O–H groups in total. The summed E-state index contributed by atoms with van der Waals surface area (Å²) in [6, 6.07) is 5.34. The number of methoxy groups -OCH3 is 1. The number of carbonyl (C=O) groups excluding carboxylic acids is 1. The predicted octanol–water partition coefficient (Wildman–Crippen LogP) is 1.49. The summed E-state index contributed by atoms with van der Waals surface area (Å²) < 4.78 is 5.15. The Balaban J connectivity index is 2.01. The number of nitrogens with one attached hydrogen (secondary N) is 1. The Hall–Kier alpha value is -1.75. The summed E-state index contributed by atoms with van der Waals surface area (Å²) in [7, 11) is 1.55. The van der Waals surface area contributed by atoms with Crippen LogP contribution < -0.4 is 15.8 Å². The van der Waals surface area contributed by atoms with E-state index in [1.807, 2.05) is 0 Å². The molecule has 1 amide bonds. The summed E-state index contributed by atoms with van der Waals surface area (Å²) in [5.41, 5.74) is 6.89. The van der Waals surface area contributed by atoms with E-state index in [9.17, 15) is 4.79 Å². The molecular weight excluding hydrogens is 254 g/mol. The first-order valence-electron chi connectivity index (χ1n) is 7.10. The van der Waals surface area contributed by atoms with Crippen molar-refractivity contribution in [2.45, 2.75) is 25.8 Å². The molecule has 0 bridgehead atoms. The lowest BCUT2D eigenvalue weighted by atomic mass is 10.0. The van der Waals surface area contributed by atoms with Gasteiger partial charge in [0, 0.05) is 18.2 Å². The van der Waals surface area contributed by atoms with E-state index in [2.05, 4.69) is 17.1 Å². The van der Waals surface area contributed by atoms with Crippen LogP contribution in [0.4, 0.5) is 5.69 Å². The van der Waals surface area contributed by atoms with Gasteiger partial charge >= 0.3 is 0 Å². The van der Waals surface area contributed by atoms with Gasteiger partial charge in [-0.15, -0.1) is 0 Å². The summed E-state index contributed by atoms with van der Waals surface area (Å²) in [5, 5.41) is 3.09. The van der Waals surface area contributed by atoms with E-state index in [-0.39, 0.29) is 11.9 Å². The molecule has 1 aromatic carbocycles. The Morgan fingerprint density at radius 2 is 2.35 bits per heavy atom. The fraction of sp³-hybridized carbons (Fsp3) is 0.533. The number of amides is 1. The minimum atomic E-state index is -0.0637. The minimum absolute atomic E-state index is 0.0637. The number of likely N-dealkylation sites (tertiary alicyclic amines) is 1. The summed E-state index contributed by atoms with van der Waals surface area (Å²) in [5.74, 6) is 0.475. The Morgan fingerprint density at radius 1 is 1.55 bits per heavy atom. The second-order valence-electron chi connectivity index (χ2n) is 5.16. The number of carbonyl (C=O) groups is 1. The summed E-state index contributed by atoms with van der Waals surface area (Å²) in [6.45, 7) is 5.23. The molecule has 1 unspecified atom stereocenters. The van der Waals surface area contributed by atoms with Crippen molar-refractivity contribution < 1.29 is 9.53 Å². The molecule has 2 rings (SSSR count). The normalized spacial score (nSPS) is 19.6. The van der Waals surface area contributed by atoms with E-state index in [0.717, 1.165) is 32.5 Å². The maximum atomic E-state index is 12.3. The number of ether oxygens (including phenoxy) is 1. The average molecular weight is 277 g/mol. The van der Waals surface area contributed by atoms with Crippen LogP contribution in [0.15, 0.2) is 18.2 Å². The van der Waals surface area contributed by atoms with E-state index in [0.29, 0.717) is 17.0 Å². The zero-order valence-corrected chi connectivity index (χ0v) is 12.2. The van der Waals surface area contributed by atoms with Crippen LogP contribution in [0.2, 0.25) is 0 Å². The molecule has 0 aliphatic carbocycles. The minimum Gasteiger partial charge on any atom is -0.495 e. The van der Waals surface area contributed by atoms with Crippen LogP contribution >= 0.6 is 0 Å². The van der Waals surface area contributed by atoms with Crippen molar-refractivity contribution in [3.05, 3.63) is 23.8 Å². The third-order valence-electron chi connectivity index (χ3n) is 3.78. The van der Waals surface area contributed by atoms with Crippen molar-refractivity contribution in [3.63, 3.8) is 0 Å². The van der Waals surface area contributed by atoms with Gasteiger partial charge in [-0.3, -0.25) is 4.79 Å². The topological polar surface area (TPSA) is 67.6 Å². The fourth-order valence-corrected chi connectivity index (χ4v) is 2.58. The molecule has 1 aliphatic heterocycles. The van der Waals surface area contributed by atoms with Gasteiger partial charge in [0.25, 0.3) is 5.91 Å². The number of nitrogen functional groups attached to an aromatic ring is 1. The molecule has 20 heavy (non-hydrogen) atoms. The summed E-state index contributed by atoms with van der Waals surface area (Å²) in [4.78, 5) is 14.6. The Bertz CT molecular complexity index is 476. The molecule has 110 valence electrons. The van der Waals surface area contributed by atoms with Gasteiger partial charge in [0.2, 0.25) is 0 Å². The second-order valence-corrected chi connectivity index (χ2v) is 5.16. The van der Waals surface area contributed by atoms with Crippen LogP contribution in [0.25, 0.3) is 0 Å². The van der Waals surface area contributed by atoms with Crippen molar-refractivity contribution >= 4 is 11.6 Å². The van der Waals surface area contributed by atoms with E-state index in [1.54, 1.807) is 25.3 Å². The van der Waals surface area contributed by atoms with Crippen LogP contribution in [0.5, 0.6) is 5.75 Å². The molecule has 1 saturated heterocycles. The highest BCUT2D eigenvalue weighted by Gasteiger charge is 2.21. The standard InChI is InChI=1S/C15H23N3O2/c1-3-18-8-4-5-12(10-18)17-15(19)11-6-7-13(16)14(9-11)20-2/h6-7,9,12H,3-5,8,10,16H2,1-2H3,(H,17,19). The molecule has 0 saturated carbocycles. The van der Waals surface area contributed by atoms with Crippen LogP contribution in [0.1, 0.15) is 30.1 Å². The van der Waals surface area contributed by atoms with Crippen molar-refractivity contribution in [1.82, 2.24) is 10.2 Å². The highest BCUT2D eigenvalue weighted by Crippen LogP contribution is 2.22. The van der Waals surface area contributed by atoms with E-state index in [4.69, 9.17) is 10.5 Å². The zero-order chi connectivity index (χ0) is 14.5.